The molecule has 0 spiro atoms. The number of aryl methyl sites for hydroxylation is 2. The third-order valence-corrected chi connectivity index (χ3v) is 3.38. The van der Waals surface area contributed by atoms with Crippen molar-refractivity contribution >= 4 is 0 Å². The molecule has 0 radical (unpaired) electrons. The third-order valence-electron chi connectivity index (χ3n) is 3.38. The minimum Gasteiger partial charge on any atom is -0.489 e. The number of benzene rings is 2. The van der Waals surface area contributed by atoms with Gasteiger partial charge in [0, 0.05) is 6.04 Å². The lowest BCUT2D eigenvalue weighted by Crippen LogP contribution is -2.15. The summed E-state index contributed by atoms with van der Waals surface area (Å²) in [6, 6.07) is 16.9. The Kier molecular flexibility index (Phi) is 5.19. The second kappa shape index (κ2) is 7.11. The fourth-order valence-corrected chi connectivity index (χ4v) is 2.09. The maximum atomic E-state index is 5.94. The summed E-state index contributed by atoms with van der Waals surface area (Å²) >= 11 is 0. The van der Waals surface area contributed by atoms with Gasteiger partial charge in [0.05, 0.1) is 0 Å². The highest BCUT2D eigenvalue weighted by Crippen LogP contribution is 2.21. The summed E-state index contributed by atoms with van der Waals surface area (Å²) in [5.74, 6) is 0.969. The molecule has 2 rings (SSSR count). The second-order valence-electron chi connectivity index (χ2n) is 5.39. The lowest BCUT2D eigenvalue weighted by Gasteiger charge is -2.12. The first kappa shape index (κ1) is 14.6. The normalized spacial score (nSPS) is 12.2. The maximum Gasteiger partial charge on any atom is 0.122 e. The molecule has 2 heteroatoms. The molecular formula is C18H23NO. The fourth-order valence-electron chi connectivity index (χ4n) is 2.09. The first-order valence-electron chi connectivity index (χ1n) is 7.17. The van der Waals surface area contributed by atoms with Crippen molar-refractivity contribution in [3.05, 3.63) is 65.2 Å². The predicted octanol–water partition coefficient (Wildman–Crippen LogP) is 3.85. The smallest absolute Gasteiger partial charge is 0.122 e. The Morgan fingerprint density at radius 3 is 2.50 bits per heavy atom. The van der Waals surface area contributed by atoms with E-state index in [4.69, 9.17) is 10.5 Å². The Balaban J connectivity index is 2.01. The molecule has 106 valence electrons. The second-order valence-corrected chi connectivity index (χ2v) is 5.39. The monoisotopic (exact) mass is 269 g/mol. The molecule has 0 fully saturated rings. The third kappa shape index (κ3) is 4.39. The first-order valence-corrected chi connectivity index (χ1v) is 7.17. The van der Waals surface area contributed by atoms with Crippen LogP contribution < -0.4 is 10.5 Å². The summed E-state index contributed by atoms with van der Waals surface area (Å²) in [7, 11) is 0. The first-order chi connectivity index (χ1) is 9.65. The Morgan fingerprint density at radius 2 is 1.80 bits per heavy atom. The predicted molar refractivity (Wildman–Crippen MR) is 83.9 cm³/mol. The molecule has 0 saturated heterocycles. The topological polar surface area (TPSA) is 35.2 Å². The van der Waals surface area contributed by atoms with E-state index >= 15 is 0 Å². The summed E-state index contributed by atoms with van der Waals surface area (Å²) in [6.07, 6.45) is 2.00. The summed E-state index contributed by atoms with van der Waals surface area (Å²) in [5, 5.41) is 0. The van der Waals surface area contributed by atoms with Gasteiger partial charge in [0.1, 0.15) is 12.4 Å². The zero-order valence-electron chi connectivity index (χ0n) is 12.3. The van der Waals surface area contributed by atoms with Gasteiger partial charge in [-0.1, -0.05) is 42.5 Å². The molecule has 0 saturated carbocycles. The Hall–Kier alpha value is -1.80. The van der Waals surface area contributed by atoms with Gasteiger partial charge in [0.2, 0.25) is 0 Å². The molecule has 2 N–H and O–H groups in total. The molecule has 1 unspecified atom stereocenters. The number of hydrogen-bond acceptors (Lipinski definition) is 2. The van der Waals surface area contributed by atoms with Crippen molar-refractivity contribution in [3.63, 3.8) is 0 Å². The molecule has 0 aromatic heterocycles. The van der Waals surface area contributed by atoms with Crippen LogP contribution in [0.5, 0.6) is 5.75 Å². The molecule has 0 aliphatic carbocycles. The van der Waals surface area contributed by atoms with Gasteiger partial charge in [-0.15, -0.1) is 0 Å². The molecule has 0 bridgehead atoms. The fraction of sp³-hybridized carbons (Fsp3) is 0.333. The molecular weight excluding hydrogens is 246 g/mol. The van der Waals surface area contributed by atoms with E-state index < -0.39 is 0 Å². The highest BCUT2D eigenvalue weighted by Gasteiger charge is 2.04. The highest BCUT2D eigenvalue weighted by atomic mass is 16.5. The maximum absolute atomic E-state index is 5.94. The average Bonchev–Trinajstić information content (AvgIpc) is 2.46. The van der Waals surface area contributed by atoms with Gasteiger partial charge in [-0.25, -0.2) is 0 Å². The molecule has 2 aromatic carbocycles. The minimum atomic E-state index is 0.241. The van der Waals surface area contributed by atoms with Gasteiger partial charge >= 0.3 is 0 Å². The molecule has 2 nitrogen and oxygen atoms in total. The average molecular weight is 269 g/mol. The van der Waals surface area contributed by atoms with E-state index in [0.29, 0.717) is 6.61 Å². The zero-order valence-corrected chi connectivity index (χ0v) is 12.3. The van der Waals surface area contributed by atoms with Crippen molar-refractivity contribution in [1.82, 2.24) is 0 Å². The standard InChI is InChI=1S/C18H23NO/c1-14-8-10-16(11-9-15(2)19)12-18(14)20-13-17-6-4-3-5-7-17/h3-8,10,12,15H,9,11,13,19H2,1-2H3. The van der Waals surface area contributed by atoms with Gasteiger partial charge in [-0.05, 0) is 49.4 Å². The number of rotatable bonds is 6. The van der Waals surface area contributed by atoms with Crippen molar-refractivity contribution in [2.45, 2.75) is 39.3 Å². The minimum absolute atomic E-state index is 0.241. The van der Waals surface area contributed by atoms with E-state index in [1.165, 1.54) is 16.7 Å². The number of hydrogen-bond donors (Lipinski definition) is 1. The van der Waals surface area contributed by atoms with Crippen LogP contribution in [0, 0.1) is 6.92 Å². The van der Waals surface area contributed by atoms with Gasteiger partial charge in [-0.3, -0.25) is 0 Å². The van der Waals surface area contributed by atoms with Crippen LogP contribution in [0.1, 0.15) is 30.0 Å². The van der Waals surface area contributed by atoms with Crippen molar-refractivity contribution < 1.29 is 4.74 Å². The van der Waals surface area contributed by atoms with Crippen LogP contribution in [0.3, 0.4) is 0 Å². The van der Waals surface area contributed by atoms with Crippen molar-refractivity contribution in [2.24, 2.45) is 5.73 Å². The van der Waals surface area contributed by atoms with Gasteiger partial charge in [-0.2, -0.15) is 0 Å². The van der Waals surface area contributed by atoms with Crippen molar-refractivity contribution in [1.29, 1.82) is 0 Å². The van der Waals surface area contributed by atoms with E-state index in [1.54, 1.807) is 0 Å². The van der Waals surface area contributed by atoms with Gasteiger partial charge in [0.25, 0.3) is 0 Å². The summed E-state index contributed by atoms with van der Waals surface area (Å²) in [4.78, 5) is 0. The van der Waals surface area contributed by atoms with E-state index in [1.807, 2.05) is 25.1 Å². The molecule has 1 atom stereocenters. The summed E-state index contributed by atoms with van der Waals surface area (Å²) in [5.41, 5.74) is 9.46. The number of nitrogens with two attached hydrogens (primary N) is 1. The summed E-state index contributed by atoms with van der Waals surface area (Å²) < 4.78 is 5.94. The van der Waals surface area contributed by atoms with E-state index in [2.05, 4.69) is 37.3 Å². The number of ether oxygens (including phenoxy) is 1. The highest BCUT2D eigenvalue weighted by molar-refractivity contribution is 5.37. The van der Waals surface area contributed by atoms with Crippen LogP contribution in [0.2, 0.25) is 0 Å². The molecule has 0 aliphatic rings. The van der Waals surface area contributed by atoms with Crippen LogP contribution in [0.4, 0.5) is 0 Å². The van der Waals surface area contributed by atoms with Crippen LogP contribution in [-0.4, -0.2) is 6.04 Å². The summed E-state index contributed by atoms with van der Waals surface area (Å²) in [6.45, 7) is 4.73. The van der Waals surface area contributed by atoms with Crippen LogP contribution >= 0.6 is 0 Å². The quantitative estimate of drug-likeness (QED) is 0.864. The van der Waals surface area contributed by atoms with E-state index in [0.717, 1.165) is 18.6 Å². The lowest BCUT2D eigenvalue weighted by atomic mass is 10.0. The molecule has 0 amide bonds. The van der Waals surface area contributed by atoms with Crippen LogP contribution in [0.25, 0.3) is 0 Å². The Morgan fingerprint density at radius 1 is 1.05 bits per heavy atom. The SMILES string of the molecule is Cc1ccc(CCC(C)N)cc1OCc1ccccc1. The molecule has 0 aliphatic heterocycles. The van der Waals surface area contributed by atoms with Gasteiger partial charge in [0.15, 0.2) is 0 Å². The molecule has 20 heavy (non-hydrogen) atoms. The molecule has 2 aromatic rings. The Bertz CT molecular complexity index is 534. The van der Waals surface area contributed by atoms with E-state index in [-0.39, 0.29) is 6.04 Å². The zero-order chi connectivity index (χ0) is 14.4. The van der Waals surface area contributed by atoms with Gasteiger partial charge < -0.3 is 10.5 Å². The van der Waals surface area contributed by atoms with E-state index in [9.17, 15) is 0 Å². The lowest BCUT2D eigenvalue weighted by molar-refractivity contribution is 0.304. The van der Waals surface area contributed by atoms with Crippen LogP contribution in [-0.2, 0) is 13.0 Å². The Labute approximate surface area is 121 Å². The largest absolute Gasteiger partial charge is 0.489 e. The van der Waals surface area contributed by atoms with Crippen LogP contribution in [0.15, 0.2) is 48.5 Å². The van der Waals surface area contributed by atoms with Crippen molar-refractivity contribution in [2.75, 3.05) is 0 Å². The van der Waals surface area contributed by atoms with Crippen molar-refractivity contribution in [3.8, 4) is 5.75 Å². The molecule has 0 heterocycles.